The number of hydrogen-bond donors (Lipinski definition) is 2. The molecule has 1 spiro atoms. The van der Waals surface area contributed by atoms with E-state index in [0.717, 1.165) is 54.1 Å². The highest BCUT2D eigenvalue weighted by Crippen LogP contribution is 2.52. The van der Waals surface area contributed by atoms with Crippen molar-refractivity contribution >= 4 is 17.3 Å². The minimum absolute atomic E-state index is 0.0237. The zero-order chi connectivity index (χ0) is 22.6. The lowest BCUT2D eigenvalue weighted by Gasteiger charge is -2.23. The van der Waals surface area contributed by atoms with Gasteiger partial charge in [-0.05, 0) is 48.4 Å². The van der Waals surface area contributed by atoms with Crippen LogP contribution in [0.4, 0.5) is 20.2 Å². The molecule has 0 aliphatic carbocycles. The summed E-state index contributed by atoms with van der Waals surface area (Å²) in [4.78, 5) is 15.6. The molecule has 1 unspecified atom stereocenters. The molecule has 0 saturated carbocycles. The number of halogens is 2. The molecule has 33 heavy (non-hydrogen) atoms. The van der Waals surface area contributed by atoms with Crippen molar-refractivity contribution in [2.45, 2.75) is 24.4 Å². The number of benzene rings is 3. The summed E-state index contributed by atoms with van der Waals surface area (Å²) in [7, 11) is 0. The van der Waals surface area contributed by atoms with Crippen LogP contribution in [0, 0.1) is 11.6 Å². The summed E-state index contributed by atoms with van der Waals surface area (Å²) in [5.41, 5.74) is 2.76. The molecule has 7 heteroatoms. The van der Waals surface area contributed by atoms with Crippen LogP contribution < -0.4 is 20.3 Å². The van der Waals surface area contributed by atoms with Gasteiger partial charge in [-0.3, -0.25) is 4.79 Å². The van der Waals surface area contributed by atoms with Gasteiger partial charge < -0.3 is 20.3 Å². The standard InChI is InChI=1S/C26H23F2N3O2/c27-21-11-20-24(12-22(21)28)33-15-26(20)19-3-1-2-4-23(19)31(25(26)32)14-16-5-7-17(8-6-16)30-18-9-10-29-13-18/h1-8,11-12,18,29-30H,9-10,13-15H2/t18-,26?/m1/s1. The highest BCUT2D eigenvalue weighted by molar-refractivity contribution is 6.11. The third-order valence-electron chi connectivity index (χ3n) is 6.92. The Bertz CT molecular complexity index is 1240. The molecule has 1 saturated heterocycles. The molecular formula is C26H23F2N3O2. The fourth-order valence-corrected chi connectivity index (χ4v) is 5.23. The second kappa shape index (κ2) is 7.56. The van der Waals surface area contributed by atoms with Crippen LogP contribution in [0.5, 0.6) is 5.75 Å². The van der Waals surface area contributed by atoms with Gasteiger partial charge in [0.05, 0.1) is 6.54 Å². The number of nitrogens with zero attached hydrogens (tertiary/aromatic N) is 1. The maximum Gasteiger partial charge on any atom is 0.246 e. The van der Waals surface area contributed by atoms with Gasteiger partial charge in [-0.15, -0.1) is 0 Å². The van der Waals surface area contributed by atoms with E-state index in [-0.39, 0.29) is 18.3 Å². The van der Waals surface area contributed by atoms with E-state index < -0.39 is 17.0 Å². The van der Waals surface area contributed by atoms with E-state index >= 15 is 0 Å². The number of fused-ring (bicyclic) bond motifs is 4. The van der Waals surface area contributed by atoms with Crippen LogP contribution >= 0.6 is 0 Å². The minimum atomic E-state index is -1.17. The molecular weight excluding hydrogens is 424 g/mol. The zero-order valence-corrected chi connectivity index (χ0v) is 17.9. The molecule has 2 N–H and O–H groups in total. The predicted octanol–water partition coefficient (Wildman–Crippen LogP) is 3.96. The molecule has 0 radical (unpaired) electrons. The Morgan fingerprint density at radius 2 is 1.85 bits per heavy atom. The summed E-state index contributed by atoms with van der Waals surface area (Å²) < 4.78 is 33.7. The maximum atomic E-state index is 14.2. The summed E-state index contributed by atoms with van der Waals surface area (Å²) in [5, 5.41) is 6.86. The number of para-hydroxylation sites is 1. The van der Waals surface area contributed by atoms with Crippen LogP contribution in [0.15, 0.2) is 60.7 Å². The van der Waals surface area contributed by atoms with E-state index in [1.54, 1.807) is 4.90 Å². The second-order valence-electron chi connectivity index (χ2n) is 8.90. The lowest BCUT2D eigenvalue weighted by molar-refractivity contribution is -0.122. The highest BCUT2D eigenvalue weighted by atomic mass is 19.2. The molecule has 1 amide bonds. The average Bonchev–Trinajstić information content (AvgIpc) is 3.52. The topological polar surface area (TPSA) is 53.6 Å². The molecule has 3 aromatic rings. The molecule has 6 rings (SSSR count). The number of rotatable bonds is 4. The van der Waals surface area contributed by atoms with Crippen molar-refractivity contribution in [3.8, 4) is 5.75 Å². The number of nitrogens with one attached hydrogen (secondary N) is 2. The van der Waals surface area contributed by atoms with E-state index in [9.17, 15) is 13.6 Å². The average molecular weight is 447 g/mol. The maximum absolute atomic E-state index is 14.2. The van der Waals surface area contributed by atoms with Crippen molar-refractivity contribution in [2.24, 2.45) is 0 Å². The normalized spacial score (nSPS) is 23.0. The van der Waals surface area contributed by atoms with Crippen molar-refractivity contribution in [3.05, 3.63) is 89.0 Å². The summed E-state index contributed by atoms with van der Waals surface area (Å²) in [6.45, 7) is 2.38. The minimum Gasteiger partial charge on any atom is -0.491 e. The van der Waals surface area contributed by atoms with Gasteiger partial charge in [0.1, 0.15) is 17.8 Å². The Kier molecular flexibility index (Phi) is 4.62. The van der Waals surface area contributed by atoms with E-state index in [4.69, 9.17) is 4.74 Å². The lowest BCUT2D eigenvalue weighted by Crippen LogP contribution is -2.42. The van der Waals surface area contributed by atoms with Crippen molar-refractivity contribution in [3.63, 3.8) is 0 Å². The van der Waals surface area contributed by atoms with Crippen LogP contribution in [-0.2, 0) is 16.8 Å². The van der Waals surface area contributed by atoms with Gasteiger partial charge in [0.2, 0.25) is 5.91 Å². The highest BCUT2D eigenvalue weighted by Gasteiger charge is 2.57. The quantitative estimate of drug-likeness (QED) is 0.636. The predicted molar refractivity (Wildman–Crippen MR) is 122 cm³/mol. The number of carbonyl (C=O) groups excluding carboxylic acids is 1. The number of ether oxygens (including phenoxy) is 1. The largest absolute Gasteiger partial charge is 0.491 e. The van der Waals surface area contributed by atoms with Gasteiger partial charge >= 0.3 is 0 Å². The first-order valence-electron chi connectivity index (χ1n) is 11.2. The summed E-state index contributed by atoms with van der Waals surface area (Å²) >= 11 is 0. The van der Waals surface area contributed by atoms with Crippen LogP contribution in [0.25, 0.3) is 0 Å². The molecule has 1 fully saturated rings. The number of carbonyl (C=O) groups is 1. The molecule has 168 valence electrons. The Hall–Kier alpha value is -3.45. The van der Waals surface area contributed by atoms with Crippen LogP contribution in [0.2, 0.25) is 0 Å². The second-order valence-corrected chi connectivity index (χ2v) is 8.90. The Morgan fingerprint density at radius 3 is 2.64 bits per heavy atom. The van der Waals surface area contributed by atoms with Crippen LogP contribution in [0.1, 0.15) is 23.1 Å². The summed E-state index contributed by atoms with van der Waals surface area (Å²) in [5.74, 6) is -1.94. The fourth-order valence-electron chi connectivity index (χ4n) is 5.23. The van der Waals surface area contributed by atoms with Crippen LogP contribution in [0.3, 0.4) is 0 Å². The lowest BCUT2D eigenvalue weighted by atomic mass is 9.77. The first kappa shape index (κ1) is 20.2. The van der Waals surface area contributed by atoms with Gasteiger partial charge in [-0.1, -0.05) is 30.3 Å². The van der Waals surface area contributed by atoms with Crippen molar-refractivity contribution in [2.75, 3.05) is 29.9 Å². The van der Waals surface area contributed by atoms with Crippen molar-refractivity contribution < 1.29 is 18.3 Å². The summed E-state index contributed by atoms with van der Waals surface area (Å²) in [6, 6.07) is 18.1. The Balaban J connectivity index is 1.33. The smallest absolute Gasteiger partial charge is 0.246 e. The van der Waals surface area contributed by atoms with E-state index in [1.807, 2.05) is 48.5 Å². The third-order valence-corrected chi connectivity index (χ3v) is 6.92. The fraction of sp³-hybridized carbons (Fsp3) is 0.269. The molecule has 3 aliphatic heterocycles. The van der Waals surface area contributed by atoms with E-state index in [0.29, 0.717) is 18.2 Å². The van der Waals surface area contributed by atoms with Gasteiger partial charge in [0.15, 0.2) is 11.6 Å². The zero-order valence-electron chi connectivity index (χ0n) is 17.9. The van der Waals surface area contributed by atoms with Gasteiger partial charge in [-0.2, -0.15) is 0 Å². The number of amides is 1. The van der Waals surface area contributed by atoms with Crippen molar-refractivity contribution in [1.29, 1.82) is 0 Å². The third kappa shape index (κ3) is 3.10. The summed E-state index contributed by atoms with van der Waals surface area (Å²) in [6.07, 6.45) is 1.09. The Morgan fingerprint density at radius 1 is 1.06 bits per heavy atom. The van der Waals surface area contributed by atoms with Gasteiger partial charge in [0.25, 0.3) is 0 Å². The van der Waals surface area contributed by atoms with Gasteiger partial charge in [-0.25, -0.2) is 8.78 Å². The molecule has 3 heterocycles. The Labute approximate surface area is 190 Å². The van der Waals surface area contributed by atoms with E-state index in [1.165, 1.54) is 0 Å². The molecule has 2 atom stereocenters. The molecule has 5 nitrogen and oxygen atoms in total. The van der Waals surface area contributed by atoms with E-state index in [2.05, 4.69) is 10.6 Å². The molecule has 0 aromatic heterocycles. The molecule has 0 bridgehead atoms. The first-order chi connectivity index (χ1) is 16.1. The molecule has 3 aliphatic rings. The SMILES string of the molecule is O=C1N(Cc2ccc(N[C@@H]3CCNC3)cc2)c2ccccc2C12COc1cc(F)c(F)cc12. The van der Waals surface area contributed by atoms with Gasteiger partial charge in [0, 0.05) is 35.6 Å². The molecule has 3 aromatic carbocycles. The van der Waals surface area contributed by atoms with Crippen LogP contribution in [-0.4, -0.2) is 31.6 Å². The number of hydrogen-bond acceptors (Lipinski definition) is 4. The first-order valence-corrected chi connectivity index (χ1v) is 11.2. The van der Waals surface area contributed by atoms with Crippen molar-refractivity contribution in [1.82, 2.24) is 5.32 Å². The monoisotopic (exact) mass is 447 g/mol. The number of anilines is 2.